The van der Waals surface area contributed by atoms with Crippen molar-refractivity contribution in [3.63, 3.8) is 0 Å². The third kappa shape index (κ3) is 2.28. The molecule has 1 aromatic carbocycles. The van der Waals surface area contributed by atoms with Gasteiger partial charge in [0.15, 0.2) is 0 Å². The maximum atomic E-state index is 12.3. The largest absolute Gasteiger partial charge is 0.507 e. The highest BCUT2D eigenvalue weighted by Crippen LogP contribution is 2.31. The molecule has 17 heavy (non-hydrogen) atoms. The van der Waals surface area contributed by atoms with E-state index in [-0.39, 0.29) is 17.1 Å². The molecule has 1 saturated heterocycles. The van der Waals surface area contributed by atoms with Crippen LogP contribution in [0.15, 0.2) is 18.2 Å². The first-order valence-corrected chi connectivity index (χ1v) is 5.98. The van der Waals surface area contributed by atoms with Gasteiger partial charge < -0.3 is 10.0 Å². The number of benzene rings is 1. The first-order valence-electron chi connectivity index (χ1n) is 5.98. The van der Waals surface area contributed by atoms with Crippen molar-refractivity contribution in [2.75, 3.05) is 13.1 Å². The molecule has 0 saturated carbocycles. The highest BCUT2D eigenvalue weighted by atomic mass is 16.3. The van der Waals surface area contributed by atoms with Crippen LogP contribution < -0.4 is 0 Å². The molecule has 1 aliphatic heterocycles. The zero-order valence-electron chi connectivity index (χ0n) is 10.7. The second kappa shape index (κ2) is 4.06. The summed E-state index contributed by atoms with van der Waals surface area (Å²) in [5, 5.41) is 9.91. The molecule has 0 aromatic heterocycles. The Bertz CT molecular complexity index is 452. The third-order valence-electron chi connectivity index (χ3n) is 3.43. The van der Waals surface area contributed by atoms with Gasteiger partial charge in [-0.1, -0.05) is 26.0 Å². The molecule has 1 aliphatic rings. The number of aromatic hydroxyl groups is 1. The molecule has 0 bridgehead atoms. The van der Waals surface area contributed by atoms with Crippen LogP contribution >= 0.6 is 0 Å². The van der Waals surface area contributed by atoms with Crippen molar-refractivity contribution in [3.8, 4) is 5.75 Å². The number of nitrogens with zero attached hydrogens (tertiary/aromatic N) is 1. The summed E-state index contributed by atoms with van der Waals surface area (Å²) in [5.41, 5.74) is 1.35. The Hall–Kier alpha value is -1.51. The van der Waals surface area contributed by atoms with Gasteiger partial charge in [-0.25, -0.2) is 0 Å². The van der Waals surface area contributed by atoms with Crippen molar-refractivity contribution in [1.82, 2.24) is 4.90 Å². The zero-order valence-corrected chi connectivity index (χ0v) is 10.7. The number of likely N-dealkylation sites (tertiary alicyclic amines) is 1. The molecule has 0 unspecified atom stereocenters. The lowest BCUT2D eigenvalue weighted by molar-refractivity contribution is 0.0775. The molecule has 1 aromatic rings. The van der Waals surface area contributed by atoms with E-state index in [4.69, 9.17) is 0 Å². The number of hydrogen-bond donors (Lipinski definition) is 1. The van der Waals surface area contributed by atoms with Crippen LogP contribution in [0, 0.1) is 12.3 Å². The SMILES string of the molecule is Cc1cccc(C(=O)N2CCC(C)(C)C2)c1O. The summed E-state index contributed by atoms with van der Waals surface area (Å²) in [6.45, 7) is 7.67. The third-order valence-corrected chi connectivity index (χ3v) is 3.43. The van der Waals surface area contributed by atoms with Gasteiger partial charge in [0, 0.05) is 13.1 Å². The average molecular weight is 233 g/mol. The van der Waals surface area contributed by atoms with Gasteiger partial charge in [0.2, 0.25) is 0 Å². The number of phenolic OH excluding ortho intramolecular Hbond substituents is 1. The first kappa shape index (κ1) is 12.0. The second-order valence-corrected chi connectivity index (χ2v) is 5.61. The van der Waals surface area contributed by atoms with Crippen molar-refractivity contribution < 1.29 is 9.90 Å². The topological polar surface area (TPSA) is 40.5 Å². The minimum Gasteiger partial charge on any atom is -0.507 e. The standard InChI is InChI=1S/C14H19NO2/c1-10-5-4-6-11(12(10)16)13(17)15-8-7-14(2,3)9-15/h4-6,16H,7-9H2,1-3H3. The summed E-state index contributed by atoms with van der Waals surface area (Å²) in [7, 11) is 0. The molecular weight excluding hydrogens is 214 g/mol. The summed E-state index contributed by atoms with van der Waals surface area (Å²) in [6, 6.07) is 5.31. The summed E-state index contributed by atoms with van der Waals surface area (Å²) < 4.78 is 0. The molecule has 0 spiro atoms. The summed E-state index contributed by atoms with van der Waals surface area (Å²) in [6.07, 6.45) is 1.02. The minimum atomic E-state index is -0.0585. The molecule has 1 amide bonds. The minimum absolute atomic E-state index is 0.0585. The predicted octanol–water partition coefficient (Wildman–Crippen LogP) is 2.57. The van der Waals surface area contributed by atoms with Gasteiger partial charge in [-0.2, -0.15) is 0 Å². The van der Waals surface area contributed by atoms with Gasteiger partial charge in [0.25, 0.3) is 5.91 Å². The second-order valence-electron chi connectivity index (χ2n) is 5.61. The highest BCUT2D eigenvalue weighted by molar-refractivity contribution is 5.97. The lowest BCUT2D eigenvalue weighted by Crippen LogP contribution is -2.30. The summed E-state index contributed by atoms with van der Waals surface area (Å²) >= 11 is 0. The fraction of sp³-hybridized carbons (Fsp3) is 0.500. The molecule has 3 nitrogen and oxygen atoms in total. The van der Waals surface area contributed by atoms with Gasteiger partial charge in [0.1, 0.15) is 5.75 Å². The van der Waals surface area contributed by atoms with E-state index in [0.29, 0.717) is 5.56 Å². The highest BCUT2D eigenvalue weighted by Gasteiger charge is 2.33. The molecule has 1 N–H and O–H groups in total. The Morgan fingerprint density at radius 2 is 2.12 bits per heavy atom. The maximum absolute atomic E-state index is 12.3. The molecule has 0 radical (unpaired) electrons. The maximum Gasteiger partial charge on any atom is 0.257 e. The fourth-order valence-corrected chi connectivity index (χ4v) is 2.29. The van der Waals surface area contributed by atoms with Gasteiger partial charge in [0.05, 0.1) is 5.56 Å². The van der Waals surface area contributed by atoms with E-state index in [2.05, 4.69) is 13.8 Å². The predicted molar refractivity (Wildman–Crippen MR) is 67.1 cm³/mol. The first-order chi connectivity index (χ1) is 7.91. The molecule has 3 heteroatoms. The molecule has 0 aliphatic carbocycles. The smallest absolute Gasteiger partial charge is 0.257 e. The number of para-hydroxylation sites is 1. The van der Waals surface area contributed by atoms with Crippen LogP contribution in [0.3, 0.4) is 0 Å². The van der Waals surface area contributed by atoms with Crippen LogP contribution in [0.1, 0.15) is 36.2 Å². The van der Waals surface area contributed by atoms with Crippen LogP contribution in [-0.2, 0) is 0 Å². The number of carbonyl (C=O) groups excluding carboxylic acids is 1. The van der Waals surface area contributed by atoms with Crippen molar-refractivity contribution in [1.29, 1.82) is 0 Å². The Morgan fingerprint density at radius 1 is 1.41 bits per heavy atom. The van der Waals surface area contributed by atoms with Crippen molar-refractivity contribution in [2.24, 2.45) is 5.41 Å². The Labute approximate surface area is 102 Å². The normalized spacial score (nSPS) is 18.4. The van der Waals surface area contributed by atoms with Crippen molar-refractivity contribution in [3.05, 3.63) is 29.3 Å². The Kier molecular flexibility index (Phi) is 2.86. The van der Waals surface area contributed by atoms with E-state index in [0.717, 1.165) is 25.1 Å². The quantitative estimate of drug-likeness (QED) is 0.810. The van der Waals surface area contributed by atoms with Gasteiger partial charge in [-0.15, -0.1) is 0 Å². The molecule has 0 atom stereocenters. The Balaban J connectivity index is 2.24. The van der Waals surface area contributed by atoms with E-state index in [1.807, 2.05) is 11.0 Å². The van der Waals surface area contributed by atoms with Crippen LogP contribution in [0.5, 0.6) is 5.75 Å². The number of rotatable bonds is 1. The van der Waals surface area contributed by atoms with Crippen molar-refractivity contribution >= 4 is 5.91 Å². The van der Waals surface area contributed by atoms with Crippen molar-refractivity contribution in [2.45, 2.75) is 27.2 Å². The molecule has 1 heterocycles. The van der Waals surface area contributed by atoms with Crippen LogP contribution in [0.4, 0.5) is 0 Å². The molecule has 92 valence electrons. The molecular formula is C14H19NO2. The number of phenols is 1. The van der Waals surface area contributed by atoms with E-state index < -0.39 is 0 Å². The zero-order chi connectivity index (χ0) is 12.6. The van der Waals surface area contributed by atoms with E-state index >= 15 is 0 Å². The molecule has 2 rings (SSSR count). The number of aryl methyl sites for hydroxylation is 1. The summed E-state index contributed by atoms with van der Waals surface area (Å²) in [5.74, 6) is 0.0546. The monoisotopic (exact) mass is 233 g/mol. The van der Waals surface area contributed by atoms with Gasteiger partial charge in [-0.05, 0) is 30.4 Å². The lowest BCUT2D eigenvalue weighted by atomic mass is 9.93. The number of amides is 1. The fourth-order valence-electron chi connectivity index (χ4n) is 2.29. The van der Waals surface area contributed by atoms with E-state index in [1.165, 1.54) is 0 Å². The number of carbonyl (C=O) groups is 1. The van der Waals surface area contributed by atoms with Gasteiger partial charge >= 0.3 is 0 Å². The van der Waals surface area contributed by atoms with Gasteiger partial charge in [-0.3, -0.25) is 4.79 Å². The van der Waals surface area contributed by atoms with Crippen LogP contribution in [0.25, 0.3) is 0 Å². The Morgan fingerprint density at radius 3 is 2.71 bits per heavy atom. The molecule has 1 fully saturated rings. The van der Waals surface area contributed by atoms with E-state index in [9.17, 15) is 9.90 Å². The van der Waals surface area contributed by atoms with Crippen LogP contribution in [-0.4, -0.2) is 29.0 Å². The van der Waals surface area contributed by atoms with Crippen LogP contribution in [0.2, 0.25) is 0 Å². The number of hydrogen-bond acceptors (Lipinski definition) is 2. The lowest BCUT2D eigenvalue weighted by Gasteiger charge is -2.20. The van der Waals surface area contributed by atoms with E-state index in [1.54, 1.807) is 19.1 Å². The summed E-state index contributed by atoms with van der Waals surface area (Å²) in [4.78, 5) is 14.1. The average Bonchev–Trinajstić information content (AvgIpc) is 2.62.